The number of thiocarbonyl (C=S) groups is 1. The lowest BCUT2D eigenvalue weighted by Crippen LogP contribution is -2.39. The third-order valence-corrected chi connectivity index (χ3v) is 6.84. The topological polar surface area (TPSA) is 97.4 Å². The summed E-state index contributed by atoms with van der Waals surface area (Å²) < 4.78 is 15.2. The number of methoxy groups -OCH3 is 3. The molecule has 0 aliphatic carbocycles. The van der Waals surface area contributed by atoms with E-state index in [1.54, 1.807) is 67.7 Å². The van der Waals surface area contributed by atoms with Crippen LogP contribution in [0.25, 0.3) is 0 Å². The van der Waals surface area contributed by atoms with E-state index >= 15 is 0 Å². The molecule has 1 fully saturated rings. The molecule has 1 N–H and O–H groups in total. The number of anilines is 2. The maximum atomic E-state index is 13.6. The van der Waals surface area contributed by atoms with Gasteiger partial charge in [-0.1, -0.05) is 12.1 Å². The van der Waals surface area contributed by atoms with Crippen LogP contribution in [0.3, 0.4) is 0 Å². The SMILES string of the molecule is COC(=O)c1ccc(NC(=O)CC2C(=O)N(c3ccc(OC)cc3)C(=S)N2CCc2ccc(OC)cc2)cc1. The summed E-state index contributed by atoms with van der Waals surface area (Å²) in [4.78, 5) is 41.6. The summed E-state index contributed by atoms with van der Waals surface area (Å²) in [6, 6.07) is 20.3. The van der Waals surface area contributed by atoms with Crippen LogP contribution < -0.4 is 19.7 Å². The highest BCUT2D eigenvalue weighted by atomic mass is 32.1. The van der Waals surface area contributed by atoms with Crippen LogP contribution in [0.2, 0.25) is 0 Å². The van der Waals surface area contributed by atoms with Crippen molar-refractivity contribution in [2.45, 2.75) is 18.9 Å². The molecule has 0 aromatic heterocycles. The van der Waals surface area contributed by atoms with Crippen molar-refractivity contribution in [3.05, 3.63) is 83.9 Å². The summed E-state index contributed by atoms with van der Waals surface area (Å²) >= 11 is 5.75. The molecule has 0 radical (unpaired) electrons. The number of rotatable bonds is 10. The van der Waals surface area contributed by atoms with Gasteiger partial charge < -0.3 is 24.4 Å². The summed E-state index contributed by atoms with van der Waals surface area (Å²) in [7, 11) is 4.48. The van der Waals surface area contributed by atoms with E-state index in [-0.39, 0.29) is 18.2 Å². The van der Waals surface area contributed by atoms with E-state index in [0.29, 0.717) is 40.8 Å². The van der Waals surface area contributed by atoms with E-state index in [9.17, 15) is 14.4 Å². The molecular formula is C29H29N3O6S. The number of hydrogen-bond donors (Lipinski definition) is 1. The summed E-state index contributed by atoms with van der Waals surface area (Å²) in [5.74, 6) is 0.306. The van der Waals surface area contributed by atoms with Crippen molar-refractivity contribution in [2.24, 2.45) is 0 Å². The molecule has 4 rings (SSSR count). The molecular weight excluding hydrogens is 518 g/mol. The van der Waals surface area contributed by atoms with Crippen LogP contribution in [0, 0.1) is 0 Å². The smallest absolute Gasteiger partial charge is 0.337 e. The summed E-state index contributed by atoms with van der Waals surface area (Å²) in [5.41, 5.74) is 2.51. The lowest BCUT2D eigenvalue weighted by Gasteiger charge is -2.24. The molecule has 1 atom stereocenters. The Morgan fingerprint density at radius 1 is 0.872 bits per heavy atom. The lowest BCUT2D eigenvalue weighted by molar-refractivity contribution is -0.124. The molecule has 0 spiro atoms. The van der Waals surface area contributed by atoms with Crippen LogP contribution in [0.4, 0.5) is 11.4 Å². The largest absolute Gasteiger partial charge is 0.497 e. The van der Waals surface area contributed by atoms with Crippen molar-refractivity contribution < 1.29 is 28.6 Å². The minimum absolute atomic E-state index is 0.104. The number of amides is 2. The van der Waals surface area contributed by atoms with Crippen molar-refractivity contribution in [1.29, 1.82) is 0 Å². The Hall–Kier alpha value is -4.44. The number of benzene rings is 3. The zero-order valence-corrected chi connectivity index (χ0v) is 22.7. The minimum atomic E-state index is -0.785. The molecule has 0 saturated carbocycles. The number of esters is 1. The molecule has 3 aromatic carbocycles. The molecule has 1 aliphatic heterocycles. The number of nitrogens with one attached hydrogen (secondary N) is 1. The van der Waals surface area contributed by atoms with Gasteiger partial charge in [0.2, 0.25) is 5.91 Å². The molecule has 10 heteroatoms. The molecule has 2 amide bonds. The monoisotopic (exact) mass is 547 g/mol. The van der Waals surface area contributed by atoms with Crippen molar-refractivity contribution >= 4 is 46.5 Å². The van der Waals surface area contributed by atoms with Crippen LogP contribution in [0.1, 0.15) is 22.3 Å². The minimum Gasteiger partial charge on any atom is -0.497 e. The van der Waals surface area contributed by atoms with E-state index in [4.69, 9.17) is 26.4 Å². The third-order valence-electron chi connectivity index (χ3n) is 6.42. The van der Waals surface area contributed by atoms with Gasteiger partial charge in [-0.15, -0.1) is 0 Å². The Balaban J connectivity index is 1.52. The quantitative estimate of drug-likeness (QED) is 0.300. The van der Waals surface area contributed by atoms with E-state index in [0.717, 1.165) is 11.3 Å². The zero-order chi connectivity index (χ0) is 27.9. The predicted octanol–water partition coefficient (Wildman–Crippen LogP) is 4.06. The molecule has 1 heterocycles. The van der Waals surface area contributed by atoms with Gasteiger partial charge in [-0.3, -0.25) is 14.5 Å². The standard InChI is InChI=1S/C29H29N3O6S/c1-36-23-12-4-19(5-13-23)16-17-31-25(18-26(33)30-21-8-6-20(7-9-21)28(35)38-3)27(34)32(29(31)39)22-10-14-24(37-2)15-11-22/h4-15,25H,16-18H2,1-3H3,(H,30,33). The van der Waals surface area contributed by atoms with Gasteiger partial charge in [0.15, 0.2) is 5.11 Å². The van der Waals surface area contributed by atoms with Crippen molar-refractivity contribution in [3.63, 3.8) is 0 Å². The Morgan fingerprint density at radius 3 is 2.03 bits per heavy atom. The molecule has 1 saturated heterocycles. The lowest BCUT2D eigenvalue weighted by atomic mass is 10.1. The first-order valence-corrected chi connectivity index (χ1v) is 12.6. The highest BCUT2D eigenvalue weighted by Gasteiger charge is 2.43. The highest BCUT2D eigenvalue weighted by molar-refractivity contribution is 7.80. The average molecular weight is 548 g/mol. The number of carbonyl (C=O) groups is 3. The van der Waals surface area contributed by atoms with E-state index in [2.05, 4.69) is 5.32 Å². The van der Waals surface area contributed by atoms with Gasteiger partial charge in [0.1, 0.15) is 17.5 Å². The second kappa shape index (κ2) is 12.4. The number of carbonyl (C=O) groups excluding carboxylic acids is 3. The molecule has 0 bridgehead atoms. The fourth-order valence-corrected chi connectivity index (χ4v) is 4.71. The van der Waals surface area contributed by atoms with Crippen LogP contribution in [-0.2, 0) is 20.7 Å². The maximum Gasteiger partial charge on any atom is 0.337 e. The van der Waals surface area contributed by atoms with E-state index in [1.165, 1.54) is 12.0 Å². The van der Waals surface area contributed by atoms with Crippen molar-refractivity contribution in [3.8, 4) is 11.5 Å². The second-order valence-electron chi connectivity index (χ2n) is 8.78. The zero-order valence-electron chi connectivity index (χ0n) is 21.9. The Bertz CT molecular complexity index is 1340. The van der Waals surface area contributed by atoms with Gasteiger partial charge >= 0.3 is 5.97 Å². The van der Waals surface area contributed by atoms with Crippen molar-refractivity contribution in [2.75, 3.05) is 38.1 Å². The van der Waals surface area contributed by atoms with Gasteiger partial charge in [0.25, 0.3) is 5.91 Å². The Morgan fingerprint density at radius 2 is 1.46 bits per heavy atom. The molecule has 39 heavy (non-hydrogen) atoms. The van der Waals surface area contributed by atoms with E-state index < -0.39 is 12.0 Å². The predicted molar refractivity (Wildman–Crippen MR) is 151 cm³/mol. The Labute approximate surface area is 232 Å². The average Bonchev–Trinajstić information content (AvgIpc) is 3.19. The van der Waals surface area contributed by atoms with Gasteiger partial charge in [-0.25, -0.2) is 4.79 Å². The van der Waals surface area contributed by atoms with Crippen LogP contribution in [0.5, 0.6) is 11.5 Å². The fraction of sp³-hybridized carbons (Fsp3) is 0.241. The second-order valence-corrected chi connectivity index (χ2v) is 9.15. The van der Waals surface area contributed by atoms with Crippen LogP contribution in [-0.4, -0.2) is 61.7 Å². The Kier molecular flexibility index (Phi) is 8.77. The summed E-state index contributed by atoms with van der Waals surface area (Å²) in [6.45, 7) is 0.440. The first-order valence-electron chi connectivity index (χ1n) is 12.2. The third kappa shape index (κ3) is 6.35. The molecule has 9 nitrogen and oxygen atoms in total. The van der Waals surface area contributed by atoms with Gasteiger partial charge in [-0.2, -0.15) is 0 Å². The van der Waals surface area contributed by atoms with Gasteiger partial charge in [0, 0.05) is 12.2 Å². The highest BCUT2D eigenvalue weighted by Crippen LogP contribution is 2.29. The van der Waals surface area contributed by atoms with Gasteiger partial charge in [-0.05, 0) is 84.9 Å². The molecule has 3 aromatic rings. The van der Waals surface area contributed by atoms with Gasteiger partial charge in [0.05, 0.1) is 39.0 Å². The fourth-order valence-electron chi connectivity index (χ4n) is 4.29. The summed E-state index contributed by atoms with van der Waals surface area (Å²) in [6.07, 6.45) is 0.508. The molecule has 1 aliphatic rings. The number of hydrogen-bond acceptors (Lipinski definition) is 7. The van der Waals surface area contributed by atoms with Crippen molar-refractivity contribution in [1.82, 2.24) is 4.90 Å². The molecule has 202 valence electrons. The molecule has 1 unspecified atom stereocenters. The number of ether oxygens (including phenoxy) is 3. The maximum absolute atomic E-state index is 13.6. The van der Waals surface area contributed by atoms with Crippen LogP contribution in [0.15, 0.2) is 72.8 Å². The number of nitrogens with zero attached hydrogens (tertiary/aromatic N) is 2. The first kappa shape index (κ1) is 27.6. The normalized spacial score (nSPS) is 14.8. The first-order chi connectivity index (χ1) is 18.8. The van der Waals surface area contributed by atoms with E-state index in [1.807, 2.05) is 24.3 Å². The van der Waals surface area contributed by atoms with Crippen LogP contribution >= 0.6 is 12.2 Å². The summed E-state index contributed by atoms with van der Waals surface area (Å²) in [5, 5.41) is 3.14.